The predicted octanol–water partition coefficient (Wildman–Crippen LogP) is 4.75. The monoisotopic (exact) mass is 333 g/mol. The van der Waals surface area contributed by atoms with Gasteiger partial charge in [0.2, 0.25) is 0 Å². The highest BCUT2D eigenvalue weighted by molar-refractivity contribution is 5.68. The van der Waals surface area contributed by atoms with E-state index in [0.29, 0.717) is 18.4 Å². The van der Waals surface area contributed by atoms with E-state index in [2.05, 4.69) is 30.3 Å². The Morgan fingerprint density at radius 1 is 0.960 bits per heavy atom. The molecule has 1 saturated heterocycles. The van der Waals surface area contributed by atoms with Crippen LogP contribution in [0.25, 0.3) is 6.08 Å². The quantitative estimate of drug-likeness (QED) is 0.811. The molecule has 25 heavy (non-hydrogen) atoms. The lowest BCUT2D eigenvalue weighted by Gasteiger charge is -2.17. The Balaban J connectivity index is 1.30. The molecule has 2 aliphatic rings. The molecule has 128 valence electrons. The average Bonchev–Trinajstić information content (AvgIpc) is 3.20. The number of nitrogens with zero attached hydrogens (tertiary/aromatic N) is 1. The van der Waals surface area contributed by atoms with Gasteiger partial charge in [-0.1, -0.05) is 72.3 Å². The second-order valence-electron chi connectivity index (χ2n) is 7.09. The van der Waals surface area contributed by atoms with Crippen LogP contribution >= 0.6 is 0 Å². The minimum atomic E-state index is -0.174. The van der Waals surface area contributed by atoms with Crippen molar-refractivity contribution < 1.29 is 9.53 Å². The molecule has 1 aliphatic heterocycles. The van der Waals surface area contributed by atoms with Crippen molar-refractivity contribution in [3.05, 3.63) is 77.4 Å². The third kappa shape index (κ3) is 3.76. The van der Waals surface area contributed by atoms with E-state index in [1.165, 1.54) is 11.1 Å². The Hall–Kier alpha value is -2.55. The normalized spacial score (nSPS) is 23.7. The molecular weight excluding hydrogens is 310 g/mol. The topological polar surface area (TPSA) is 29.5 Å². The van der Waals surface area contributed by atoms with E-state index in [0.717, 1.165) is 31.5 Å². The van der Waals surface area contributed by atoms with Crippen molar-refractivity contribution >= 4 is 12.2 Å². The molecule has 1 heterocycles. The summed E-state index contributed by atoms with van der Waals surface area (Å²) in [5.74, 6) is 1.17. The number of fused-ring (bicyclic) bond motifs is 1. The molecule has 2 aromatic rings. The largest absolute Gasteiger partial charge is 0.445 e. The fourth-order valence-electron chi connectivity index (χ4n) is 4.02. The van der Waals surface area contributed by atoms with Crippen LogP contribution in [-0.4, -0.2) is 24.1 Å². The van der Waals surface area contributed by atoms with E-state index in [9.17, 15) is 4.79 Å². The van der Waals surface area contributed by atoms with Gasteiger partial charge in [0.15, 0.2) is 0 Å². The zero-order chi connectivity index (χ0) is 17.1. The SMILES string of the molecule is O=C(OCc1ccccc1)N1C[C@H]2CC(=Cc3ccccc3)C[C@H]2C1. The Morgan fingerprint density at radius 3 is 2.20 bits per heavy atom. The maximum Gasteiger partial charge on any atom is 0.410 e. The van der Waals surface area contributed by atoms with E-state index in [4.69, 9.17) is 4.74 Å². The van der Waals surface area contributed by atoms with Crippen LogP contribution in [0.1, 0.15) is 24.0 Å². The molecule has 1 saturated carbocycles. The third-order valence-electron chi connectivity index (χ3n) is 5.26. The molecule has 3 nitrogen and oxygen atoms in total. The van der Waals surface area contributed by atoms with Gasteiger partial charge in [0.05, 0.1) is 0 Å². The van der Waals surface area contributed by atoms with Crippen molar-refractivity contribution in [1.82, 2.24) is 4.90 Å². The van der Waals surface area contributed by atoms with E-state index in [1.807, 2.05) is 41.3 Å². The summed E-state index contributed by atoms with van der Waals surface area (Å²) in [6, 6.07) is 20.3. The van der Waals surface area contributed by atoms with E-state index in [1.54, 1.807) is 0 Å². The maximum absolute atomic E-state index is 12.3. The Morgan fingerprint density at radius 2 is 1.56 bits per heavy atom. The van der Waals surface area contributed by atoms with E-state index < -0.39 is 0 Å². The minimum Gasteiger partial charge on any atom is -0.445 e. The number of hydrogen-bond donors (Lipinski definition) is 0. The van der Waals surface area contributed by atoms with Crippen LogP contribution in [0, 0.1) is 11.8 Å². The van der Waals surface area contributed by atoms with Crippen molar-refractivity contribution in [3.8, 4) is 0 Å². The third-order valence-corrected chi connectivity index (χ3v) is 5.26. The van der Waals surface area contributed by atoms with E-state index >= 15 is 0 Å². The molecule has 0 radical (unpaired) electrons. The predicted molar refractivity (Wildman–Crippen MR) is 98.8 cm³/mol. The van der Waals surface area contributed by atoms with E-state index in [-0.39, 0.29) is 6.09 Å². The van der Waals surface area contributed by atoms with Crippen molar-refractivity contribution in [2.24, 2.45) is 11.8 Å². The van der Waals surface area contributed by atoms with Gasteiger partial charge >= 0.3 is 6.09 Å². The van der Waals surface area contributed by atoms with Crippen LogP contribution in [0.5, 0.6) is 0 Å². The van der Waals surface area contributed by atoms with Gasteiger partial charge < -0.3 is 9.64 Å². The van der Waals surface area contributed by atoms with Crippen LogP contribution in [0.3, 0.4) is 0 Å². The van der Waals surface area contributed by atoms with Crippen LogP contribution in [-0.2, 0) is 11.3 Å². The molecule has 4 rings (SSSR count). The highest BCUT2D eigenvalue weighted by atomic mass is 16.6. The van der Waals surface area contributed by atoms with Gasteiger partial charge in [-0.3, -0.25) is 0 Å². The maximum atomic E-state index is 12.3. The summed E-state index contributed by atoms with van der Waals surface area (Å²) < 4.78 is 5.47. The molecule has 2 aromatic carbocycles. The second kappa shape index (κ2) is 7.14. The standard InChI is InChI=1S/C22H23NO2/c24-22(25-16-18-9-5-2-6-10-18)23-14-20-12-19(13-21(20)15-23)11-17-7-3-1-4-8-17/h1-11,20-21H,12-16H2/t20-,21+. The summed E-state index contributed by atoms with van der Waals surface area (Å²) in [5, 5.41) is 0. The smallest absolute Gasteiger partial charge is 0.410 e. The fourth-order valence-corrected chi connectivity index (χ4v) is 4.02. The molecule has 2 atom stereocenters. The number of carbonyl (C=O) groups is 1. The first-order chi connectivity index (χ1) is 12.3. The summed E-state index contributed by atoms with van der Waals surface area (Å²) in [6.07, 6.45) is 4.34. The Labute approximate surface area is 148 Å². The van der Waals surface area contributed by atoms with Gasteiger partial charge in [0.1, 0.15) is 6.61 Å². The molecule has 0 spiro atoms. The van der Waals surface area contributed by atoms with Crippen LogP contribution in [0.2, 0.25) is 0 Å². The lowest BCUT2D eigenvalue weighted by molar-refractivity contribution is 0.102. The number of benzene rings is 2. The molecule has 1 amide bonds. The highest BCUT2D eigenvalue weighted by Gasteiger charge is 2.40. The molecule has 0 unspecified atom stereocenters. The number of amides is 1. The highest BCUT2D eigenvalue weighted by Crippen LogP contribution is 2.42. The molecule has 2 fully saturated rings. The van der Waals surface area contributed by atoms with Gasteiger partial charge in [-0.05, 0) is 35.8 Å². The van der Waals surface area contributed by atoms with Gasteiger partial charge in [0.25, 0.3) is 0 Å². The molecular formula is C22H23NO2. The number of hydrogen-bond acceptors (Lipinski definition) is 2. The van der Waals surface area contributed by atoms with Gasteiger partial charge in [0, 0.05) is 13.1 Å². The van der Waals surface area contributed by atoms with Gasteiger partial charge in [-0.25, -0.2) is 4.79 Å². The number of allylic oxidation sites excluding steroid dienone is 1. The Kier molecular flexibility index (Phi) is 4.55. The lowest BCUT2D eigenvalue weighted by Crippen LogP contribution is -2.30. The Bertz CT molecular complexity index is 738. The van der Waals surface area contributed by atoms with Crippen molar-refractivity contribution in [2.75, 3.05) is 13.1 Å². The zero-order valence-corrected chi connectivity index (χ0v) is 14.3. The van der Waals surface area contributed by atoms with Gasteiger partial charge in [-0.2, -0.15) is 0 Å². The van der Waals surface area contributed by atoms with Crippen molar-refractivity contribution in [3.63, 3.8) is 0 Å². The minimum absolute atomic E-state index is 0.174. The second-order valence-corrected chi connectivity index (χ2v) is 7.09. The zero-order valence-electron chi connectivity index (χ0n) is 14.3. The van der Waals surface area contributed by atoms with Crippen molar-refractivity contribution in [1.29, 1.82) is 0 Å². The van der Waals surface area contributed by atoms with Crippen LogP contribution in [0.4, 0.5) is 4.79 Å². The molecule has 3 heteroatoms. The summed E-state index contributed by atoms with van der Waals surface area (Å²) >= 11 is 0. The van der Waals surface area contributed by atoms with Crippen LogP contribution < -0.4 is 0 Å². The first-order valence-corrected chi connectivity index (χ1v) is 8.98. The first kappa shape index (κ1) is 15.9. The average molecular weight is 333 g/mol. The molecule has 1 aliphatic carbocycles. The summed E-state index contributed by atoms with van der Waals surface area (Å²) in [6.45, 7) is 2.00. The molecule has 0 aromatic heterocycles. The number of ether oxygens (including phenoxy) is 1. The lowest BCUT2D eigenvalue weighted by atomic mass is 10.0. The van der Waals surface area contributed by atoms with Gasteiger partial charge in [-0.15, -0.1) is 0 Å². The number of carbonyl (C=O) groups excluding carboxylic acids is 1. The first-order valence-electron chi connectivity index (χ1n) is 8.98. The fraction of sp³-hybridized carbons (Fsp3) is 0.318. The summed E-state index contributed by atoms with van der Waals surface area (Å²) in [4.78, 5) is 14.2. The number of likely N-dealkylation sites (tertiary alicyclic amines) is 1. The molecule has 0 bridgehead atoms. The summed E-state index contributed by atoms with van der Waals surface area (Å²) in [7, 11) is 0. The summed E-state index contributed by atoms with van der Waals surface area (Å²) in [5.41, 5.74) is 3.82. The number of rotatable bonds is 3. The van der Waals surface area contributed by atoms with Crippen LogP contribution in [0.15, 0.2) is 66.2 Å². The van der Waals surface area contributed by atoms with Crippen molar-refractivity contribution in [2.45, 2.75) is 19.4 Å². The molecule has 0 N–H and O–H groups in total.